The molecule has 0 saturated heterocycles. The number of carbonyl (C=O) groups is 1. The first kappa shape index (κ1) is 20.6. The fourth-order valence-corrected chi connectivity index (χ4v) is 3.31. The average molecular weight is 376 g/mol. The molecule has 26 heavy (non-hydrogen) atoms. The van der Waals surface area contributed by atoms with Crippen LogP contribution < -0.4 is 4.74 Å². The second kappa shape index (κ2) is 9.82. The van der Waals surface area contributed by atoms with E-state index in [4.69, 9.17) is 16.3 Å². The summed E-state index contributed by atoms with van der Waals surface area (Å²) in [5.41, 5.74) is 2.61. The molecule has 1 aromatic rings. The van der Waals surface area contributed by atoms with Crippen molar-refractivity contribution < 1.29 is 9.53 Å². The van der Waals surface area contributed by atoms with Crippen molar-refractivity contribution in [3.05, 3.63) is 53.1 Å². The Morgan fingerprint density at radius 2 is 2.04 bits per heavy atom. The van der Waals surface area contributed by atoms with Gasteiger partial charge in [-0.2, -0.15) is 0 Å². The average Bonchev–Trinajstić information content (AvgIpc) is 2.60. The second-order valence-electron chi connectivity index (χ2n) is 7.59. The van der Waals surface area contributed by atoms with Gasteiger partial charge in [0.25, 0.3) is 5.91 Å². The van der Waals surface area contributed by atoms with E-state index in [1.54, 1.807) is 24.3 Å². The maximum absolute atomic E-state index is 12.7. The van der Waals surface area contributed by atoms with Crippen LogP contribution in [0.25, 0.3) is 0 Å². The van der Waals surface area contributed by atoms with E-state index in [0.717, 1.165) is 25.8 Å². The molecule has 0 bridgehead atoms. The predicted octanol–water partition coefficient (Wildman–Crippen LogP) is 5.51. The number of benzene rings is 1. The standard InChI is InChI=1S/C22H30ClNO2/c1-16(2)13-24(14-18-5-7-19(8-6-18)17(3)4)22(25)15-26-21-11-9-20(23)10-12-21/h5,9-12,16,19H,3,6-8,13-15H2,1-2,4H3. The Kier molecular flexibility index (Phi) is 7.77. The first-order chi connectivity index (χ1) is 12.3. The molecule has 3 nitrogen and oxygen atoms in total. The van der Waals surface area contributed by atoms with Gasteiger partial charge in [-0.15, -0.1) is 0 Å². The predicted molar refractivity (Wildman–Crippen MR) is 109 cm³/mol. The van der Waals surface area contributed by atoms with Crippen LogP contribution in [0.3, 0.4) is 0 Å². The lowest BCUT2D eigenvalue weighted by Gasteiger charge is -2.29. The molecule has 1 atom stereocenters. The van der Waals surface area contributed by atoms with Crippen LogP contribution in [-0.2, 0) is 4.79 Å². The van der Waals surface area contributed by atoms with Gasteiger partial charge in [-0.3, -0.25) is 4.79 Å². The highest BCUT2D eigenvalue weighted by Crippen LogP contribution is 2.28. The number of carbonyl (C=O) groups excluding carboxylic acids is 1. The Hall–Kier alpha value is -1.74. The van der Waals surface area contributed by atoms with Crippen LogP contribution in [0.4, 0.5) is 0 Å². The van der Waals surface area contributed by atoms with Crippen molar-refractivity contribution in [2.24, 2.45) is 11.8 Å². The summed E-state index contributed by atoms with van der Waals surface area (Å²) in [7, 11) is 0. The minimum Gasteiger partial charge on any atom is -0.484 e. The first-order valence-electron chi connectivity index (χ1n) is 9.34. The third-order valence-corrected chi connectivity index (χ3v) is 4.96. The summed E-state index contributed by atoms with van der Waals surface area (Å²) in [5.74, 6) is 1.69. The molecule has 0 heterocycles. The largest absolute Gasteiger partial charge is 0.484 e. The molecule has 142 valence electrons. The number of allylic oxidation sites excluding steroid dienone is 2. The smallest absolute Gasteiger partial charge is 0.260 e. The van der Waals surface area contributed by atoms with Crippen LogP contribution in [0, 0.1) is 11.8 Å². The van der Waals surface area contributed by atoms with Gasteiger partial charge in [0.05, 0.1) is 0 Å². The molecule has 2 rings (SSSR count). The number of hydrogen-bond acceptors (Lipinski definition) is 2. The molecule has 1 aromatic carbocycles. The number of ether oxygens (including phenoxy) is 1. The van der Waals surface area contributed by atoms with E-state index in [1.807, 2.05) is 4.90 Å². The van der Waals surface area contributed by atoms with E-state index >= 15 is 0 Å². The van der Waals surface area contributed by atoms with Gasteiger partial charge < -0.3 is 9.64 Å². The van der Waals surface area contributed by atoms with Crippen molar-refractivity contribution in [3.63, 3.8) is 0 Å². The quantitative estimate of drug-likeness (QED) is 0.561. The SMILES string of the molecule is C=C(C)C1CC=C(CN(CC(C)C)C(=O)COc2ccc(Cl)cc2)CC1. The summed E-state index contributed by atoms with van der Waals surface area (Å²) in [6.45, 7) is 11.9. The first-order valence-corrected chi connectivity index (χ1v) is 9.72. The van der Waals surface area contributed by atoms with Gasteiger partial charge in [-0.05, 0) is 62.3 Å². The molecule has 0 aromatic heterocycles. The Morgan fingerprint density at radius 1 is 1.35 bits per heavy atom. The van der Waals surface area contributed by atoms with E-state index in [2.05, 4.69) is 33.4 Å². The molecule has 0 saturated carbocycles. The molecule has 1 aliphatic carbocycles. The monoisotopic (exact) mass is 375 g/mol. The van der Waals surface area contributed by atoms with Crippen LogP contribution >= 0.6 is 11.6 Å². The van der Waals surface area contributed by atoms with Crippen molar-refractivity contribution in [2.45, 2.75) is 40.0 Å². The Labute approximate surface area is 162 Å². The molecule has 0 radical (unpaired) electrons. The van der Waals surface area contributed by atoms with Crippen molar-refractivity contribution in [2.75, 3.05) is 19.7 Å². The summed E-state index contributed by atoms with van der Waals surface area (Å²) in [5, 5.41) is 0.655. The zero-order valence-corrected chi connectivity index (χ0v) is 16.9. The lowest BCUT2D eigenvalue weighted by atomic mass is 9.85. The zero-order valence-electron chi connectivity index (χ0n) is 16.1. The van der Waals surface area contributed by atoms with Gasteiger partial charge in [0.1, 0.15) is 5.75 Å². The fourth-order valence-electron chi connectivity index (χ4n) is 3.19. The van der Waals surface area contributed by atoms with Crippen molar-refractivity contribution in [1.82, 2.24) is 4.90 Å². The molecule has 1 amide bonds. The van der Waals surface area contributed by atoms with Crippen molar-refractivity contribution in [3.8, 4) is 5.75 Å². The van der Waals surface area contributed by atoms with Gasteiger partial charge in [0.15, 0.2) is 6.61 Å². The Bertz CT molecular complexity index is 649. The van der Waals surface area contributed by atoms with Gasteiger partial charge >= 0.3 is 0 Å². The van der Waals surface area contributed by atoms with Crippen LogP contribution in [-0.4, -0.2) is 30.5 Å². The highest BCUT2D eigenvalue weighted by Gasteiger charge is 2.20. The summed E-state index contributed by atoms with van der Waals surface area (Å²) >= 11 is 5.88. The molecule has 0 N–H and O–H groups in total. The van der Waals surface area contributed by atoms with Gasteiger partial charge in [-0.1, -0.05) is 49.2 Å². The highest BCUT2D eigenvalue weighted by molar-refractivity contribution is 6.30. The highest BCUT2D eigenvalue weighted by atomic mass is 35.5. The molecule has 1 unspecified atom stereocenters. The van der Waals surface area contributed by atoms with Crippen LogP contribution in [0.15, 0.2) is 48.1 Å². The summed E-state index contributed by atoms with van der Waals surface area (Å²) < 4.78 is 5.64. The van der Waals surface area contributed by atoms with Crippen molar-refractivity contribution >= 4 is 17.5 Å². The van der Waals surface area contributed by atoms with Crippen LogP contribution in [0.2, 0.25) is 5.02 Å². The molecular weight excluding hydrogens is 346 g/mol. The normalized spacial score (nSPS) is 17.0. The van der Waals surface area contributed by atoms with Gasteiger partial charge in [0.2, 0.25) is 0 Å². The second-order valence-corrected chi connectivity index (χ2v) is 8.03. The number of nitrogens with zero attached hydrogens (tertiary/aromatic N) is 1. The lowest BCUT2D eigenvalue weighted by Crippen LogP contribution is -2.39. The molecule has 4 heteroatoms. The number of hydrogen-bond donors (Lipinski definition) is 0. The molecule has 0 spiro atoms. The van der Waals surface area contributed by atoms with Crippen LogP contribution in [0.5, 0.6) is 5.75 Å². The van der Waals surface area contributed by atoms with E-state index in [-0.39, 0.29) is 12.5 Å². The number of amides is 1. The topological polar surface area (TPSA) is 29.5 Å². The third kappa shape index (κ3) is 6.53. The lowest BCUT2D eigenvalue weighted by molar-refractivity contribution is -0.133. The van der Waals surface area contributed by atoms with Crippen LogP contribution in [0.1, 0.15) is 40.0 Å². The Morgan fingerprint density at radius 3 is 2.58 bits per heavy atom. The zero-order chi connectivity index (χ0) is 19.1. The fraction of sp³-hybridized carbons (Fsp3) is 0.500. The third-order valence-electron chi connectivity index (χ3n) is 4.71. The van der Waals surface area contributed by atoms with Gasteiger partial charge in [-0.25, -0.2) is 0 Å². The number of rotatable bonds is 8. The maximum atomic E-state index is 12.7. The van der Waals surface area contributed by atoms with E-state index < -0.39 is 0 Å². The Balaban J connectivity index is 1.94. The number of halogens is 1. The summed E-state index contributed by atoms with van der Waals surface area (Å²) in [6, 6.07) is 7.09. The maximum Gasteiger partial charge on any atom is 0.260 e. The minimum absolute atomic E-state index is 0.0246. The summed E-state index contributed by atoms with van der Waals surface area (Å²) in [6.07, 6.45) is 5.50. The summed E-state index contributed by atoms with van der Waals surface area (Å²) in [4.78, 5) is 14.6. The molecular formula is C22H30ClNO2. The van der Waals surface area contributed by atoms with Crippen molar-refractivity contribution in [1.29, 1.82) is 0 Å². The molecule has 0 aliphatic heterocycles. The van der Waals surface area contributed by atoms with E-state index in [0.29, 0.717) is 29.2 Å². The minimum atomic E-state index is 0.0246. The van der Waals surface area contributed by atoms with Gasteiger partial charge in [0, 0.05) is 18.1 Å². The molecule has 0 fully saturated rings. The molecule has 1 aliphatic rings. The van der Waals surface area contributed by atoms with E-state index in [9.17, 15) is 4.79 Å². The van der Waals surface area contributed by atoms with E-state index in [1.165, 1.54) is 11.1 Å².